The number of carbonyl (C=O) groups excluding carboxylic acids is 1. The Morgan fingerprint density at radius 1 is 1.03 bits per heavy atom. The van der Waals surface area contributed by atoms with Crippen LogP contribution in [0.3, 0.4) is 0 Å². The number of para-hydroxylation sites is 1. The van der Waals surface area contributed by atoms with Crippen LogP contribution in [0.15, 0.2) is 36.4 Å². The predicted octanol–water partition coefficient (Wildman–Crippen LogP) is 4.04. The monoisotopic (exact) mass is 437 g/mol. The van der Waals surface area contributed by atoms with Gasteiger partial charge in [0.15, 0.2) is 11.5 Å². The summed E-state index contributed by atoms with van der Waals surface area (Å²) >= 11 is 0. The number of fused-ring (bicyclic) bond motifs is 1. The number of nitrogens with one attached hydrogen (secondary N) is 1. The first-order valence-corrected chi connectivity index (χ1v) is 11.7. The summed E-state index contributed by atoms with van der Waals surface area (Å²) in [5, 5.41) is 3.18. The summed E-state index contributed by atoms with van der Waals surface area (Å²) in [4.78, 5) is 18.0. The van der Waals surface area contributed by atoms with Crippen molar-refractivity contribution in [3.63, 3.8) is 0 Å². The van der Waals surface area contributed by atoms with Gasteiger partial charge in [0, 0.05) is 25.8 Å². The number of piperidine rings is 1. The van der Waals surface area contributed by atoms with Crippen molar-refractivity contribution in [2.75, 3.05) is 52.3 Å². The molecule has 1 amide bonds. The van der Waals surface area contributed by atoms with Gasteiger partial charge in [-0.1, -0.05) is 24.6 Å². The van der Waals surface area contributed by atoms with Gasteiger partial charge in [-0.2, -0.15) is 0 Å². The highest BCUT2D eigenvalue weighted by molar-refractivity contribution is 5.97. The summed E-state index contributed by atoms with van der Waals surface area (Å²) in [5.41, 5.74) is 4.54. The average molecular weight is 438 g/mol. The molecule has 6 nitrogen and oxygen atoms in total. The van der Waals surface area contributed by atoms with Crippen LogP contribution in [0.1, 0.15) is 53.2 Å². The van der Waals surface area contributed by atoms with Gasteiger partial charge in [0.2, 0.25) is 0 Å². The molecular formula is C26H35N3O3. The molecule has 32 heavy (non-hydrogen) atoms. The largest absolute Gasteiger partial charge is 0.493 e. The average Bonchev–Trinajstić information content (AvgIpc) is 2.84. The maximum Gasteiger partial charge on any atom is 0.255 e. The number of ether oxygens (including phenoxy) is 2. The summed E-state index contributed by atoms with van der Waals surface area (Å²) in [6.07, 6.45) is 6.01. The Hall–Kier alpha value is -2.73. The van der Waals surface area contributed by atoms with Crippen molar-refractivity contribution in [2.45, 2.75) is 38.1 Å². The Kier molecular flexibility index (Phi) is 7.20. The second kappa shape index (κ2) is 10.3. The Bertz CT molecular complexity index is 940. The van der Waals surface area contributed by atoms with Gasteiger partial charge in [-0.05, 0) is 68.1 Å². The summed E-state index contributed by atoms with van der Waals surface area (Å²) in [6.45, 7) is 3.81. The van der Waals surface area contributed by atoms with Crippen LogP contribution in [-0.2, 0) is 6.42 Å². The van der Waals surface area contributed by atoms with Crippen molar-refractivity contribution in [3.8, 4) is 11.5 Å². The highest BCUT2D eigenvalue weighted by Crippen LogP contribution is 2.33. The van der Waals surface area contributed by atoms with E-state index in [-0.39, 0.29) is 11.9 Å². The van der Waals surface area contributed by atoms with E-state index in [1.807, 2.05) is 6.07 Å². The third kappa shape index (κ3) is 4.70. The quantitative estimate of drug-likeness (QED) is 0.708. The number of likely N-dealkylation sites (tertiary alicyclic amines) is 1. The number of carbonyl (C=O) groups is 1. The maximum absolute atomic E-state index is 13.1. The number of rotatable bonds is 7. The number of nitrogens with zero attached hydrogens (tertiary/aromatic N) is 2. The SMILES string of the molecule is COc1cccc(C(=O)NC[C@@H](c2ccc3c(c2)CCCN3C)N2CCCCC2)c1OC. The molecule has 2 aliphatic heterocycles. The number of methoxy groups -OCH3 is 2. The molecule has 1 N–H and O–H groups in total. The lowest BCUT2D eigenvalue weighted by molar-refractivity contribution is 0.0921. The number of hydrogen-bond acceptors (Lipinski definition) is 5. The fraction of sp³-hybridized carbons (Fsp3) is 0.500. The van der Waals surface area contributed by atoms with E-state index in [0.717, 1.165) is 26.1 Å². The zero-order chi connectivity index (χ0) is 22.5. The van der Waals surface area contributed by atoms with E-state index in [9.17, 15) is 4.79 Å². The molecule has 2 aromatic rings. The highest BCUT2D eigenvalue weighted by atomic mass is 16.5. The Morgan fingerprint density at radius 2 is 1.84 bits per heavy atom. The number of aryl methyl sites for hydroxylation is 1. The highest BCUT2D eigenvalue weighted by Gasteiger charge is 2.26. The molecule has 172 valence electrons. The molecule has 2 aromatic carbocycles. The normalized spacial score (nSPS) is 17.4. The van der Waals surface area contributed by atoms with Crippen LogP contribution in [0.5, 0.6) is 11.5 Å². The molecule has 0 saturated carbocycles. The van der Waals surface area contributed by atoms with E-state index in [0.29, 0.717) is 23.6 Å². The Morgan fingerprint density at radius 3 is 2.59 bits per heavy atom. The molecule has 1 fully saturated rings. The summed E-state index contributed by atoms with van der Waals surface area (Å²) < 4.78 is 10.8. The molecular weight excluding hydrogens is 402 g/mol. The van der Waals surface area contributed by atoms with E-state index < -0.39 is 0 Å². The summed E-state index contributed by atoms with van der Waals surface area (Å²) in [5.74, 6) is 0.894. The van der Waals surface area contributed by atoms with Crippen molar-refractivity contribution >= 4 is 11.6 Å². The molecule has 0 spiro atoms. The second-order valence-electron chi connectivity index (χ2n) is 8.78. The van der Waals surface area contributed by atoms with Gasteiger partial charge in [-0.3, -0.25) is 9.69 Å². The van der Waals surface area contributed by atoms with Crippen LogP contribution in [0, 0.1) is 0 Å². The van der Waals surface area contributed by atoms with Gasteiger partial charge in [-0.25, -0.2) is 0 Å². The lowest BCUT2D eigenvalue weighted by Gasteiger charge is -2.36. The third-order valence-electron chi connectivity index (χ3n) is 6.77. The maximum atomic E-state index is 13.1. The van der Waals surface area contributed by atoms with Gasteiger partial charge in [-0.15, -0.1) is 0 Å². The molecule has 1 saturated heterocycles. The Labute approximate surface area is 191 Å². The van der Waals surface area contributed by atoms with Crippen molar-refractivity contribution in [1.29, 1.82) is 0 Å². The van der Waals surface area contributed by atoms with Crippen molar-refractivity contribution in [3.05, 3.63) is 53.1 Å². The smallest absolute Gasteiger partial charge is 0.255 e. The molecule has 1 atom stereocenters. The number of amides is 1. The van der Waals surface area contributed by atoms with Crippen LogP contribution >= 0.6 is 0 Å². The number of hydrogen-bond donors (Lipinski definition) is 1. The first-order valence-electron chi connectivity index (χ1n) is 11.7. The lowest BCUT2D eigenvalue weighted by Crippen LogP contribution is -2.40. The van der Waals surface area contributed by atoms with Gasteiger partial charge in [0.05, 0.1) is 25.8 Å². The minimum Gasteiger partial charge on any atom is -0.493 e. The van der Waals surface area contributed by atoms with E-state index in [2.05, 4.69) is 40.4 Å². The molecule has 4 rings (SSSR count). The Balaban J connectivity index is 1.57. The first kappa shape index (κ1) is 22.5. The second-order valence-corrected chi connectivity index (χ2v) is 8.78. The van der Waals surface area contributed by atoms with Gasteiger partial charge in [0.25, 0.3) is 5.91 Å². The fourth-order valence-electron chi connectivity index (χ4n) is 5.05. The molecule has 0 aliphatic carbocycles. The zero-order valence-electron chi connectivity index (χ0n) is 19.5. The van der Waals surface area contributed by atoms with Gasteiger partial charge < -0.3 is 19.7 Å². The van der Waals surface area contributed by atoms with Crippen LogP contribution in [-0.4, -0.2) is 58.3 Å². The van der Waals surface area contributed by atoms with E-state index in [1.54, 1.807) is 26.4 Å². The van der Waals surface area contributed by atoms with E-state index in [1.165, 1.54) is 42.5 Å². The third-order valence-corrected chi connectivity index (χ3v) is 6.77. The van der Waals surface area contributed by atoms with Gasteiger partial charge >= 0.3 is 0 Å². The minimum atomic E-state index is -0.138. The molecule has 0 unspecified atom stereocenters. The van der Waals surface area contributed by atoms with Crippen molar-refractivity contribution < 1.29 is 14.3 Å². The van der Waals surface area contributed by atoms with Crippen molar-refractivity contribution in [2.24, 2.45) is 0 Å². The van der Waals surface area contributed by atoms with E-state index in [4.69, 9.17) is 9.47 Å². The van der Waals surface area contributed by atoms with Gasteiger partial charge in [0.1, 0.15) is 0 Å². The van der Waals surface area contributed by atoms with Crippen molar-refractivity contribution in [1.82, 2.24) is 10.2 Å². The minimum absolute atomic E-state index is 0.138. The first-order chi connectivity index (χ1) is 15.6. The molecule has 2 heterocycles. The topological polar surface area (TPSA) is 54.0 Å². The summed E-state index contributed by atoms with van der Waals surface area (Å²) in [7, 11) is 5.32. The number of benzene rings is 2. The lowest BCUT2D eigenvalue weighted by atomic mass is 9.95. The predicted molar refractivity (Wildman–Crippen MR) is 128 cm³/mol. The molecule has 0 bridgehead atoms. The molecule has 2 aliphatic rings. The molecule has 0 aromatic heterocycles. The van der Waals surface area contributed by atoms with Crippen LogP contribution in [0.2, 0.25) is 0 Å². The molecule has 0 radical (unpaired) electrons. The summed E-state index contributed by atoms with van der Waals surface area (Å²) in [6, 6.07) is 12.4. The number of anilines is 1. The van der Waals surface area contributed by atoms with Crippen LogP contribution in [0.25, 0.3) is 0 Å². The van der Waals surface area contributed by atoms with E-state index >= 15 is 0 Å². The fourth-order valence-corrected chi connectivity index (χ4v) is 5.05. The zero-order valence-corrected chi connectivity index (χ0v) is 19.5. The van der Waals surface area contributed by atoms with Crippen LogP contribution in [0.4, 0.5) is 5.69 Å². The van der Waals surface area contributed by atoms with Crippen LogP contribution < -0.4 is 19.7 Å². The molecule has 6 heteroatoms. The standard InChI is InChI=1S/C26H35N3O3/c1-28-14-8-9-19-17-20(12-13-22(19)28)23(29-15-5-4-6-16-29)18-27-26(30)21-10-7-11-24(31-2)25(21)32-3/h7,10-13,17,23H,4-6,8-9,14-16,18H2,1-3H3,(H,27,30)/t23-/m0/s1.